The van der Waals surface area contributed by atoms with Gasteiger partial charge < -0.3 is 10.1 Å². The molecule has 0 saturated heterocycles. The second kappa shape index (κ2) is 6.06. The van der Waals surface area contributed by atoms with Crippen molar-refractivity contribution < 1.29 is 9.13 Å². The number of hydrogen-bond acceptors (Lipinski definition) is 2. The molecule has 2 aromatic rings. The van der Waals surface area contributed by atoms with Crippen LogP contribution in [0.3, 0.4) is 0 Å². The van der Waals surface area contributed by atoms with Gasteiger partial charge in [0, 0.05) is 18.2 Å². The summed E-state index contributed by atoms with van der Waals surface area (Å²) in [6.07, 6.45) is 0. The quantitative estimate of drug-likeness (QED) is 0.885. The Morgan fingerprint density at radius 2 is 1.70 bits per heavy atom. The molecular weight excluding hydrogens is 253 g/mol. The van der Waals surface area contributed by atoms with Crippen molar-refractivity contribution in [2.75, 3.05) is 0 Å². The summed E-state index contributed by atoms with van der Waals surface area (Å²) in [5, 5.41) is 3.42. The van der Waals surface area contributed by atoms with Gasteiger partial charge in [-0.2, -0.15) is 0 Å². The highest BCUT2D eigenvalue weighted by Crippen LogP contribution is 2.22. The van der Waals surface area contributed by atoms with Gasteiger partial charge in [0.1, 0.15) is 17.3 Å². The minimum absolute atomic E-state index is 0.0940. The maximum Gasteiger partial charge on any atom is 0.130 e. The lowest BCUT2D eigenvalue weighted by Gasteiger charge is -2.20. The summed E-state index contributed by atoms with van der Waals surface area (Å²) in [4.78, 5) is 0. The Labute approximate surface area is 119 Å². The van der Waals surface area contributed by atoms with Gasteiger partial charge in [-0.3, -0.25) is 0 Å². The molecule has 0 aliphatic carbocycles. The van der Waals surface area contributed by atoms with Crippen LogP contribution in [0.15, 0.2) is 48.5 Å². The molecule has 0 fully saturated rings. The van der Waals surface area contributed by atoms with E-state index in [0.717, 1.165) is 6.54 Å². The van der Waals surface area contributed by atoms with Gasteiger partial charge >= 0.3 is 0 Å². The third-order valence-corrected chi connectivity index (χ3v) is 2.78. The number of nitrogens with one attached hydrogen (secondary N) is 1. The third kappa shape index (κ3) is 4.67. The van der Waals surface area contributed by atoms with Crippen LogP contribution in [-0.4, -0.2) is 5.54 Å². The van der Waals surface area contributed by atoms with E-state index in [1.807, 2.05) is 24.3 Å². The third-order valence-electron chi connectivity index (χ3n) is 2.78. The smallest absolute Gasteiger partial charge is 0.130 e. The van der Waals surface area contributed by atoms with E-state index in [4.69, 9.17) is 4.74 Å². The van der Waals surface area contributed by atoms with Crippen LogP contribution in [0.1, 0.15) is 26.3 Å². The van der Waals surface area contributed by atoms with Crippen LogP contribution in [0.5, 0.6) is 11.5 Å². The molecular formula is C17H20FNO. The van der Waals surface area contributed by atoms with Crippen LogP contribution in [-0.2, 0) is 6.54 Å². The molecule has 0 heterocycles. The van der Waals surface area contributed by atoms with Crippen molar-refractivity contribution in [3.05, 3.63) is 59.9 Å². The molecule has 0 aliphatic heterocycles. The number of halogens is 1. The first-order valence-corrected chi connectivity index (χ1v) is 6.70. The fourth-order valence-corrected chi connectivity index (χ4v) is 1.71. The van der Waals surface area contributed by atoms with Crippen LogP contribution >= 0.6 is 0 Å². The Hall–Kier alpha value is -1.87. The molecule has 0 atom stereocenters. The highest BCUT2D eigenvalue weighted by molar-refractivity contribution is 5.33. The SMILES string of the molecule is CC(C)(C)NCc1ccc(Oc2cccc(F)c2)cc1. The highest BCUT2D eigenvalue weighted by atomic mass is 19.1. The largest absolute Gasteiger partial charge is 0.457 e. The molecule has 0 saturated carbocycles. The molecule has 0 amide bonds. The molecule has 1 N–H and O–H groups in total. The molecule has 0 aromatic heterocycles. The van der Waals surface area contributed by atoms with Crippen molar-refractivity contribution in [1.82, 2.24) is 5.32 Å². The number of benzene rings is 2. The number of ether oxygens (including phenoxy) is 1. The lowest BCUT2D eigenvalue weighted by molar-refractivity contribution is 0.424. The Morgan fingerprint density at radius 3 is 2.30 bits per heavy atom. The summed E-state index contributed by atoms with van der Waals surface area (Å²) in [5.41, 5.74) is 1.28. The molecule has 0 unspecified atom stereocenters. The Morgan fingerprint density at radius 1 is 1.00 bits per heavy atom. The van der Waals surface area contributed by atoms with Crippen LogP contribution in [0.2, 0.25) is 0 Å². The molecule has 0 aliphatic rings. The van der Waals surface area contributed by atoms with Crippen LogP contribution in [0.25, 0.3) is 0 Å². The van der Waals surface area contributed by atoms with Crippen molar-refractivity contribution in [3.8, 4) is 11.5 Å². The molecule has 2 nitrogen and oxygen atoms in total. The fourth-order valence-electron chi connectivity index (χ4n) is 1.71. The van der Waals surface area contributed by atoms with E-state index in [0.29, 0.717) is 11.5 Å². The molecule has 0 bridgehead atoms. The summed E-state index contributed by atoms with van der Waals surface area (Å²) in [5.74, 6) is 0.911. The van der Waals surface area contributed by atoms with Crippen LogP contribution in [0, 0.1) is 5.82 Å². The zero-order chi connectivity index (χ0) is 14.6. The maximum absolute atomic E-state index is 13.1. The van der Waals surface area contributed by atoms with E-state index in [9.17, 15) is 4.39 Å². The average molecular weight is 273 g/mol. The summed E-state index contributed by atoms with van der Waals surface area (Å²) in [6, 6.07) is 13.9. The van der Waals surface area contributed by atoms with Crippen LogP contribution < -0.4 is 10.1 Å². The van der Waals surface area contributed by atoms with Gasteiger partial charge in [0.2, 0.25) is 0 Å². The molecule has 106 valence electrons. The highest BCUT2D eigenvalue weighted by Gasteiger charge is 2.08. The van der Waals surface area contributed by atoms with Gasteiger partial charge in [0.05, 0.1) is 0 Å². The van der Waals surface area contributed by atoms with E-state index in [1.54, 1.807) is 12.1 Å². The van der Waals surface area contributed by atoms with E-state index in [-0.39, 0.29) is 11.4 Å². The standard InChI is InChI=1S/C17H20FNO/c1-17(2,3)19-12-13-7-9-15(10-8-13)20-16-6-4-5-14(18)11-16/h4-11,19H,12H2,1-3H3. The van der Waals surface area contributed by atoms with Crippen molar-refractivity contribution in [1.29, 1.82) is 0 Å². The zero-order valence-electron chi connectivity index (χ0n) is 12.1. The molecule has 2 rings (SSSR count). The van der Waals surface area contributed by atoms with Crippen LogP contribution in [0.4, 0.5) is 4.39 Å². The van der Waals surface area contributed by atoms with Gasteiger partial charge in [-0.1, -0.05) is 18.2 Å². The monoisotopic (exact) mass is 273 g/mol. The number of hydrogen-bond donors (Lipinski definition) is 1. The average Bonchev–Trinajstić information content (AvgIpc) is 2.37. The predicted molar refractivity (Wildman–Crippen MR) is 79.5 cm³/mol. The van der Waals surface area contributed by atoms with Crippen molar-refractivity contribution in [2.45, 2.75) is 32.9 Å². The van der Waals surface area contributed by atoms with E-state index in [2.05, 4.69) is 26.1 Å². The molecule has 3 heteroatoms. The first-order valence-electron chi connectivity index (χ1n) is 6.70. The summed E-state index contributed by atoms with van der Waals surface area (Å²) < 4.78 is 18.7. The summed E-state index contributed by atoms with van der Waals surface area (Å²) in [6.45, 7) is 7.21. The minimum Gasteiger partial charge on any atom is -0.457 e. The molecule has 0 spiro atoms. The molecule has 20 heavy (non-hydrogen) atoms. The minimum atomic E-state index is -0.298. The first-order chi connectivity index (χ1) is 9.42. The Kier molecular flexibility index (Phi) is 4.40. The maximum atomic E-state index is 13.1. The normalized spacial score (nSPS) is 11.4. The van der Waals surface area contributed by atoms with Crippen molar-refractivity contribution >= 4 is 0 Å². The van der Waals surface area contributed by atoms with E-state index < -0.39 is 0 Å². The van der Waals surface area contributed by atoms with E-state index in [1.165, 1.54) is 17.7 Å². The Balaban J connectivity index is 1.98. The lowest BCUT2D eigenvalue weighted by atomic mass is 10.1. The fraction of sp³-hybridized carbons (Fsp3) is 0.294. The van der Waals surface area contributed by atoms with Gasteiger partial charge in [-0.15, -0.1) is 0 Å². The van der Waals surface area contributed by atoms with Crippen molar-refractivity contribution in [2.24, 2.45) is 0 Å². The van der Waals surface area contributed by atoms with Crippen molar-refractivity contribution in [3.63, 3.8) is 0 Å². The number of rotatable bonds is 4. The van der Waals surface area contributed by atoms with Gasteiger partial charge in [-0.25, -0.2) is 4.39 Å². The van der Waals surface area contributed by atoms with E-state index >= 15 is 0 Å². The first kappa shape index (κ1) is 14.5. The lowest BCUT2D eigenvalue weighted by Crippen LogP contribution is -2.34. The summed E-state index contributed by atoms with van der Waals surface area (Å²) >= 11 is 0. The van der Waals surface area contributed by atoms with Gasteiger partial charge in [0.15, 0.2) is 0 Å². The topological polar surface area (TPSA) is 21.3 Å². The zero-order valence-corrected chi connectivity index (χ0v) is 12.1. The summed E-state index contributed by atoms with van der Waals surface area (Å²) in [7, 11) is 0. The second-order valence-electron chi connectivity index (χ2n) is 5.81. The molecule has 0 radical (unpaired) electrons. The van der Waals surface area contributed by atoms with Gasteiger partial charge in [-0.05, 0) is 50.6 Å². The molecule has 2 aromatic carbocycles. The second-order valence-corrected chi connectivity index (χ2v) is 5.81. The Bertz CT molecular complexity index is 558. The predicted octanol–water partition coefficient (Wildman–Crippen LogP) is 4.51. The van der Waals surface area contributed by atoms with Gasteiger partial charge in [0.25, 0.3) is 0 Å².